The normalized spacial score (nSPS) is 12.4. The number of rotatable bonds is 34. The second-order valence-electron chi connectivity index (χ2n) is 13.3. The lowest BCUT2D eigenvalue weighted by Crippen LogP contribution is -1.95. The highest BCUT2D eigenvalue weighted by atomic mass is 14.1. The van der Waals surface area contributed by atoms with Gasteiger partial charge in [0.2, 0.25) is 0 Å². The highest BCUT2D eigenvalue weighted by molar-refractivity contribution is 4.57. The third-order valence-electron chi connectivity index (χ3n) is 9.10. The van der Waals surface area contributed by atoms with Gasteiger partial charge < -0.3 is 0 Å². The van der Waals surface area contributed by atoms with E-state index < -0.39 is 0 Å². The zero-order chi connectivity index (χ0) is 27.6. The van der Waals surface area contributed by atoms with Gasteiger partial charge in [-0.2, -0.15) is 0 Å². The van der Waals surface area contributed by atoms with Crippen LogP contribution in [0.2, 0.25) is 0 Å². The van der Waals surface area contributed by atoms with Crippen LogP contribution in [0.15, 0.2) is 0 Å². The summed E-state index contributed by atoms with van der Waals surface area (Å²) in [6, 6.07) is 0. The molecule has 0 aromatic heterocycles. The summed E-state index contributed by atoms with van der Waals surface area (Å²) in [6.07, 6.45) is 50.2. The van der Waals surface area contributed by atoms with Crippen LogP contribution in [0, 0.1) is 5.92 Å². The molecule has 0 aliphatic rings. The monoisotopic (exact) mass is 535 g/mol. The molecule has 0 aromatic rings. The average molecular weight is 535 g/mol. The summed E-state index contributed by atoms with van der Waals surface area (Å²) in [6.45, 7) is 7.12. The molecule has 0 saturated carbocycles. The minimum Gasteiger partial charge on any atom is -0.0654 e. The van der Waals surface area contributed by atoms with E-state index in [0.717, 1.165) is 5.92 Å². The first kappa shape index (κ1) is 38.0. The van der Waals surface area contributed by atoms with E-state index in [1.165, 1.54) is 218 Å². The molecular formula is C38H78. The lowest BCUT2D eigenvalue weighted by Gasteiger charge is -2.11. The van der Waals surface area contributed by atoms with Crippen molar-refractivity contribution in [1.29, 1.82) is 0 Å². The SMILES string of the molecule is CCCCCCCCCCCCCCCCCCCCCCCCC(C)CCCCCCCCCCCC. The van der Waals surface area contributed by atoms with Crippen LogP contribution in [0.1, 0.15) is 239 Å². The van der Waals surface area contributed by atoms with Crippen molar-refractivity contribution >= 4 is 0 Å². The van der Waals surface area contributed by atoms with Gasteiger partial charge in [0.15, 0.2) is 0 Å². The van der Waals surface area contributed by atoms with Crippen LogP contribution in [0.5, 0.6) is 0 Å². The molecular weight excluding hydrogens is 456 g/mol. The van der Waals surface area contributed by atoms with Crippen molar-refractivity contribution in [3.05, 3.63) is 0 Å². The Morgan fingerprint density at radius 3 is 0.579 bits per heavy atom. The summed E-state index contributed by atoms with van der Waals surface area (Å²) >= 11 is 0. The second kappa shape index (κ2) is 35.0. The van der Waals surface area contributed by atoms with Gasteiger partial charge in [-0.05, 0) is 5.92 Å². The second-order valence-corrected chi connectivity index (χ2v) is 13.3. The Bertz CT molecular complexity index is 385. The summed E-state index contributed by atoms with van der Waals surface area (Å²) < 4.78 is 0. The van der Waals surface area contributed by atoms with E-state index in [4.69, 9.17) is 0 Å². The molecule has 230 valence electrons. The highest BCUT2D eigenvalue weighted by Gasteiger charge is 2.02. The van der Waals surface area contributed by atoms with Crippen LogP contribution < -0.4 is 0 Å². The van der Waals surface area contributed by atoms with Crippen LogP contribution in [0.3, 0.4) is 0 Å². The molecule has 0 rings (SSSR count). The summed E-state index contributed by atoms with van der Waals surface area (Å²) in [7, 11) is 0. The van der Waals surface area contributed by atoms with E-state index in [2.05, 4.69) is 20.8 Å². The predicted octanol–water partition coefficient (Wildman–Crippen LogP) is 14.9. The maximum atomic E-state index is 2.50. The molecule has 0 bridgehead atoms. The van der Waals surface area contributed by atoms with Crippen molar-refractivity contribution in [3.63, 3.8) is 0 Å². The summed E-state index contributed by atoms with van der Waals surface area (Å²) in [5.41, 5.74) is 0. The van der Waals surface area contributed by atoms with Gasteiger partial charge in [0.1, 0.15) is 0 Å². The van der Waals surface area contributed by atoms with Crippen LogP contribution in [0.25, 0.3) is 0 Å². The quantitative estimate of drug-likeness (QED) is 0.0720. The van der Waals surface area contributed by atoms with E-state index in [1.54, 1.807) is 0 Å². The lowest BCUT2D eigenvalue weighted by atomic mass is 9.95. The molecule has 1 atom stereocenters. The van der Waals surface area contributed by atoms with Crippen LogP contribution >= 0.6 is 0 Å². The Kier molecular flexibility index (Phi) is 35.0. The molecule has 1 unspecified atom stereocenters. The summed E-state index contributed by atoms with van der Waals surface area (Å²) in [5.74, 6) is 0.967. The van der Waals surface area contributed by atoms with Gasteiger partial charge in [-0.3, -0.25) is 0 Å². The number of hydrogen-bond donors (Lipinski definition) is 0. The molecule has 0 amide bonds. The molecule has 0 aliphatic heterocycles. The zero-order valence-corrected chi connectivity index (χ0v) is 27.6. The first-order valence-electron chi connectivity index (χ1n) is 18.8. The maximum absolute atomic E-state index is 2.50. The first-order valence-corrected chi connectivity index (χ1v) is 18.8. The Labute approximate surface area is 244 Å². The fourth-order valence-electron chi connectivity index (χ4n) is 6.23. The lowest BCUT2D eigenvalue weighted by molar-refractivity contribution is 0.429. The molecule has 38 heavy (non-hydrogen) atoms. The van der Waals surface area contributed by atoms with Crippen molar-refractivity contribution in [2.24, 2.45) is 5.92 Å². The Morgan fingerprint density at radius 2 is 0.395 bits per heavy atom. The molecule has 0 heteroatoms. The minimum absolute atomic E-state index is 0.967. The number of hydrogen-bond acceptors (Lipinski definition) is 0. The molecule has 0 heterocycles. The fraction of sp³-hybridized carbons (Fsp3) is 1.00. The van der Waals surface area contributed by atoms with E-state index in [1.807, 2.05) is 0 Å². The Hall–Kier alpha value is 0. The van der Waals surface area contributed by atoms with Crippen LogP contribution in [-0.4, -0.2) is 0 Å². The summed E-state index contributed by atoms with van der Waals surface area (Å²) in [5, 5.41) is 0. The molecule has 0 saturated heterocycles. The highest BCUT2D eigenvalue weighted by Crippen LogP contribution is 2.20. The molecule has 0 aliphatic carbocycles. The zero-order valence-electron chi connectivity index (χ0n) is 27.6. The third kappa shape index (κ3) is 34.0. The predicted molar refractivity (Wildman–Crippen MR) is 177 cm³/mol. The molecule has 0 radical (unpaired) electrons. The van der Waals surface area contributed by atoms with E-state index in [9.17, 15) is 0 Å². The van der Waals surface area contributed by atoms with E-state index >= 15 is 0 Å². The van der Waals surface area contributed by atoms with Crippen LogP contribution in [-0.2, 0) is 0 Å². The fourth-order valence-corrected chi connectivity index (χ4v) is 6.23. The van der Waals surface area contributed by atoms with Crippen molar-refractivity contribution in [1.82, 2.24) is 0 Å². The van der Waals surface area contributed by atoms with E-state index in [0.29, 0.717) is 0 Å². The first-order chi connectivity index (χ1) is 18.8. The third-order valence-corrected chi connectivity index (χ3v) is 9.10. The maximum Gasteiger partial charge on any atom is -0.0443 e. The van der Waals surface area contributed by atoms with E-state index in [-0.39, 0.29) is 0 Å². The van der Waals surface area contributed by atoms with Gasteiger partial charge in [-0.15, -0.1) is 0 Å². The van der Waals surface area contributed by atoms with Crippen molar-refractivity contribution < 1.29 is 0 Å². The average Bonchev–Trinajstić information content (AvgIpc) is 2.92. The molecule has 0 aromatic carbocycles. The Morgan fingerprint density at radius 1 is 0.237 bits per heavy atom. The summed E-state index contributed by atoms with van der Waals surface area (Å²) in [4.78, 5) is 0. The minimum atomic E-state index is 0.967. The largest absolute Gasteiger partial charge is 0.0654 e. The number of unbranched alkanes of at least 4 members (excludes halogenated alkanes) is 30. The topological polar surface area (TPSA) is 0 Å². The smallest absolute Gasteiger partial charge is 0.0443 e. The van der Waals surface area contributed by atoms with Gasteiger partial charge in [0.05, 0.1) is 0 Å². The van der Waals surface area contributed by atoms with Crippen molar-refractivity contribution in [3.8, 4) is 0 Å². The van der Waals surface area contributed by atoms with Crippen molar-refractivity contribution in [2.45, 2.75) is 239 Å². The van der Waals surface area contributed by atoms with Gasteiger partial charge in [0, 0.05) is 0 Å². The molecule has 0 N–H and O–H groups in total. The van der Waals surface area contributed by atoms with Crippen LogP contribution in [0.4, 0.5) is 0 Å². The molecule has 0 fully saturated rings. The molecule has 0 nitrogen and oxygen atoms in total. The van der Waals surface area contributed by atoms with Crippen molar-refractivity contribution in [2.75, 3.05) is 0 Å². The Balaban J connectivity index is 3.11. The van der Waals surface area contributed by atoms with Gasteiger partial charge in [0.25, 0.3) is 0 Å². The van der Waals surface area contributed by atoms with Gasteiger partial charge in [-0.25, -0.2) is 0 Å². The molecule has 0 spiro atoms. The van der Waals surface area contributed by atoms with Gasteiger partial charge >= 0.3 is 0 Å². The van der Waals surface area contributed by atoms with Gasteiger partial charge in [-0.1, -0.05) is 239 Å². The standard InChI is InChI=1S/C38H78/c1-4-6-8-10-12-14-16-17-18-19-20-21-22-23-24-25-26-27-29-31-33-35-37-38(3)36-34-32-30-28-15-13-11-9-7-5-2/h38H,4-37H2,1-3H3.